The van der Waals surface area contributed by atoms with Gasteiger partial charge in [0.2, 0.25) is 0 Å². The molecule has 10 N–H and O–H groups in total. The summed E-state index contributed by atoms with van der Waals surface area (Å²) >= 11 is 4.68. The van der Waals surface area contributed by atoms with E-state index in [4.69, 9.17) is 19.1 Å². The minimum Gasteiger partial charge on any atom is -0.394 e. The lowest BCUT2D eigenvalue weighted by Crippen LogP contribution is -2.61. The van der Waals surface area contributed by atoms with E-state index in [1.54, 1.807) is 0 Å². The minimum atomic E-state index is -5.52. The average Bonchev–Trinajstić information content (AvgIpc) is 3.11. The third kappa shape index (κ3) is 7.56. The third-order valence-electron chi connectivity index (χ3n) is 5.93. The zero-order chi connectivity index (χ0) is 30.9. The van der Waals surface area contributed by atoms with Crippen molar-refractivity contribution in [3.63, 3.8) is 0 Å². The van der Waals surface area contributed by atoms with E-state index in [0.717, 1.165) is 16.8 Å². The highest BCUT2D eigenvalue weighted by Crippen LogP contribution is 2.62. The molecule has 2 fully saturated rings. The maximum absolute atomic E-state index is 12.5. The van der Waals surface area contributed by atoms with E-state index in [-0.39, 0.29) is 0 Å². The Kier molecular flexibility index (Phi) is 10.8. The number of aromatic nitrogens is 2. The number of phosphoric acid groups is 1. The number of phosphoric ester groups is 1. The molecule has 7 unspecified atom stereocenters. The molecular formula is C19H28N2O17P2S. The van der Waals surface area contributed by atoms with Crippen LogP contribution in [-0.2, 0) is 39.2 Å². The lowest BCUT2D eigenvalue weighted by molar-refractivity contribution is -0.292. The Hall–Kier alpha value is -1.44. The van der Waals surface area contributed by atoms with Gasteiger partial charge in [0.1, 0.15) is 42.7 Å². The maximum atomic E-state index is 12.5. The van der Waals surface area contributed by atoms with Crippen LogP contribution < -0.4 is 11.2 Å². The summed E-state index contributed by atoms with van der Waals surface area (Å²) in [6, 6.07) is 0.931. The monoisotopic (exact) mass is 650 g/mol. The zero-order valence-corrected chi connectivity index (χ0v) is 23.4. The molecule has 0 aliphatic carbocycles. The second-order valence-electron chi connectivity index (χ2n) is 8.80. The Labute approximate surface area is 235 Å². The van der Waals surface area contributed by atoms with Gasteiger partial charge >= 0.3 is 20.2 Å². The van der Waals surface area contributed by atoms with Gasteiger partial charge in [-0.3, -0.25) is 18.9 Å². The van der Waals surface area contributed by atoms with Crippen LogP contribution in [0.4, 0.5) is 0 Å². The highest BCUT2D eigenvalue weighted by atomic mass is 32.5. The first-order chi connectivity index (χ1) is 19.0. The maximum Gasteiger partial charge on any atom is 0.481 e. The van der Waals surface area contributed by atoms with E-state index < -0.39 is 99.9 Å². The van der Waals surface area contributed by atoms with Crippen molar-refractivity contribution >= 4 is 26.3 Å². The molecule has 0 spiro atoms. The number of nitrogens with zero attached hydrogens (tertiary/aromatic N) is 1. The normalized spacial score (nSPS) is 37.4. The zero-order valence-electron chi connectivity index (χ0n) is 20.8. The van der Waals surface area contributed by atoms with Crippen LogP contribution in [0.2, 0.25) is 0 Å². The van der Waals surface area contributed by atoms with Crippen molar-refractivity contribution in [1.29, 1.82) is 0 Å². The lowest BCUT2D eigenvalue weighted by atomic mass is 9.94. The molecule has 0 bridgehead atoms. The van der Waals surface area contributed by atoms with E-state index in [1.807, 2.05) is 4.98 Å². The average molecular weight is 650 g/mol. The first-order valence-corrected chi connectivity index (χ1v) is 15.5. The molecule has 22 heteroatoms. The Morgan fingerprint density at radius 2 is 1.85 bits per heavy atom. The highest BCUT2D eigenvalue weighted by Gasteiger charge is 2.56. The number of aliphatic hydroxyl groups is 7. The summed E-state index contributed by atoms with van der Waals surface area (Å²) in [7, 11) is -5.52. The molecule has 3 rings (SSSR count). The molecular weight excluding hydrogens is 622 g/mol. The molecule has 0 saturated carbocycles. The first-order valence-electron chi connectivity index (χ1n) is 11.5. The summed E-state index contributed by atoms with van der Waals surface area (Å²) in [4.78, 5) is 46.0. The van der Waals surface area contributed by atoms with Crippen molar-refractivity contribution in [2.45, 2.75) is 67.8 Å². The van der Waals surface area contributed by atoms with Crippen LogP contribution in [0.3, 0.4) is 0 Å². The number of aliphatic hydroxyl groups excluding tert-OH is 6. The van der Waals surface area contributed by atoms with Crippen molar-refractivity contribution in [1.82, 2.24) is 9.55 Å². The fraction of sp³-hybridized carbons (Fsp3) is 0.684. The second kappa shape index (κ2) is 13.1. The standard InChI is InChI=1S/C19H28N2O17P2S/c1-2-4-19(30)15(28)9(35-17(19)21-5-3-10(24)20-18(21)29)7-34-40(33,41)38-39(31,32)37-16-13(27)11(25)12(26)14(36-16)8(23)6-22/h3,5,8-9,11-17,22-23,25-28,30H,6-7H2,1H3,(H,31,32)(H,33,41)(H,20,24,29)/t8-,9+,11?,12?,13?,14?,15+,16?,17+,19+,40?/m0/s1. The molecule has 2 aliphatic heterocycles. The Morgan fingerprint density at radius 3 is 2.44 bits per heavy atom. The predicted octanol–water partition coefficient (Wildman–Crippen LogP) is -4.92. The molecule has 0 aromatic carbocycles. The van der Waals surface area contributed by atoms with Gasteiger partial charge in [0.15, 0.2) is 18.1 Å². The van der Waals surface area contributed by atoms with Gasteiger partial charge in [-0.25, -0.2) is 13.7 Å². The SMILES string of the molecule is CC#C[C@@]1(O)[C@H](O)[C@@H](COP(O)(=S)OP(=O)(O)OC2OC([C@@H](O)CO)C(O)C(O)C2O)O[C@H]1n1ccc(=O)[nH]c1=O. The molecule has 1 aromatic heterocycles. The quantitative estimate of drug-likeness (QED) is 0.0838. The summed E-state index contributed by atoms with van der Waals surface area (Å²) in [6.07, 6.45) is -16.3. The van der Waals surface area contributed by atoms with Crippen molar-refractivity contribution in [2.75, 3.05) is 13.2 Å². The fourth-order valence-electron chi connectivity index (χ4n) is 3.98. The molecule has 12 atom stereocenters. The van der Waals surface area contributed by atoms with Crippen molar-refractivity contribution < 1.29 is 72.9 Å². The van der Waals surface area contributed by atoms with E-state index in [2.05, 4.69) is 32.5 Å². The van der Waals surface area contributed by atoms with Gasteiger partial charge in [0.05, 0.1) is 13.2 Å². The molecule has 1 aromatic rings. The Balaban J connectivity index is 1.71. The number of aromatic amines is 1. The molecule has 3 heterocycles. The summed E-state index contributed by atoms with van der Waals surface area (Å²) in [6.45, 7) is -5.37. The van der Waals surface area contributed by atoms with Gasteiger partial charge in [-0.15, -0.1) is 5.92 Å². The first kappa shape index (κ1) is 34.1. The number of ether oxygens (including phenoxy) is 2. The smallest absolute Gasteiger partial charge is 0.394 e. The summed E-state index contributed by atoms with van der Waals surface area (Å²) in [5.41, 5.74) is -4.24. The van der Waals surface area contributed by atoms with Gasteiger partial charge in [-0.2, -0.15) is 0 Å². The summed E-state index contributed by atoms with van der Waals surface area (Å²) in [5.74, 6) is 4.66. The second-order valence-corrected chi connectivity index (χ2v) is 13.2. The topological polar surface area (TPSA) is 300 Å². The van der Waals surface area contributed by atoms with E-state index >= 15 is 0 Å². The lowest BCUT2D eigenvalue weighted by Gasteiger charge is -2.41. The number of H-pyrrole nitrogens is 1. The molecule has 19 nitrogen and oxygen atoms in total. The van der Waals surface area contributed by atoms with Crippen LogP contribution in [-0.4, -0.2) is 123 Å². The van der Waals surface area contributed by atoms with Crippen LogP contribution in [0.1, 0.15) is 13.2 Å². The highest BCUT2D eigenvalue weighted by molar-refractivity contribution is 8.08. The largest absolute Gasteiger partial charge is 0.481 e. The van der Waals surface area contributed by atoms with Gasteiger partial charge in [0.25, 0.3) is 5.56 Å². The van der Waals surface area contributed by atoms with E-state index in [9.17, 15) is 54.6 Å². The number of rotatable bonds is 10. The molecule has 2 saturated heterocycles. The van der Waals surface area contributed by atoms with Crippen LogP contribution in [0, 0.1) is 11.8 Å². The number of hydrogen-bond acceptors (Lipinski definition) is 16. The van der Waals surface area contributed by atoms with Crippen molar-refractivity contribution in [2.24, 2.45) is 0 Å². The molecule has 0 amide bonds. The Morgan fingerprint density at radius 1 is 1.20 bits per heavy atom. The third-order valence-corrected chi connectivity index (χ3v) is 9.45. The predicted molar refractivity (Wildman–Crippen MR) is 134 cm³/mol. The molecule has 41 heavy (non-hydrogen) atoms. The van der Waals surface area contributed by atoms with Crippen LogP contribution >= 0.6 is 14.5 Å². The van der Waals surface area contributed by atoms with Gasteiger partial charge < -0.3 is 59.5 Å². The minimum absolute atomic E-state index is 0.720. The van der Waals surface area contributed by atoms with Gasteiger partial charge in [-0.05, 0) is 18.7 Å². The van der Waals surface area contributed by atoms with Crippen molar-refractivity contribution in [3.05, 3.63) is 33.1 Å². The summed E-state index contributed by atoms with van der Waals surface area (Å²) in [5, 5.41) is 70.4. The van der Waals surface area contributed by atoms with E-state index in [1.165, 1.54) is 6.92 Å². The summed E-state index contributed by atoms with van der Waals surface area (Å²) < 4.78 is 37.7. The Bertz CT molecular complexity index is 1360. The molecule has 2 aliphatic rings. The molecule has 232 valence electrons. The van der Waals surface area contributed by atoms with Gasteiger partial charge in [0, 0.05) is 12.3 Å². The molecule has 0 radical (unpaired) electrons. The van der Waals surface area contributed by atoms with Crippen LogP contribution in [0.25, 0.3) is 0 Å². The van der Waals surface area contributed by atoms with E-state index in [0.29, 0.717) is 0 Å². The van der Waals surface area contributed by atoms with Gasteiger partial charge in [-0.1, -0.05) is 5.92 Å². The van der Waals surface area contributed by atoms with Crippen molar-refractivity contribution in [3.8, 4) is 11.8 Å². The number of hydrogen-bond donors (Lipinski definition) is 10. The van der Waals surface area contributed by atoms with Crippen LogP contribution in [0.15, 0.2) is 21.9 Å². The number of nitrogens with one attached hydrogen (secondary N) is 1. The van der Waals surface area contributed by atoms with Crippen LogP contribution in [0.5, 0.6) is 0 Å². The fourth-order valence-corrected chi connectivity index (χ4v) is 7.08.